The number of hydrogen-bond acceptors (Lipinski definition) is 4. The Bertz CT molecular complexity index is 236. The number of ether oxygens (including phenoxy) is 1. The molecule has 0 aromatic rings. The van der Waals surface area contributed by atoms with Crippen molar-refractivity contribution in [3.63, 3.8) is 0 Å². The Kier molecular flexibility index (Phi) is 3.63. The maximum Gasteiger partial charge on any atom is 0.302 e. The van der Waals surface area contributed by atoms with E-state index in [1.807, 2.05) is 0 Å². The van der Waals surface area contributed by atoms with E-state index < -0.39 is 6.10 Å². The Labute approximate surface area is 83.2 Å². The van der Waals surface area contributed by atoms with Crippen molar-refractivity contribution in [2.45, 2.75) is 45.3 Å². The van der Waals surface area contributed by atoms with Gasteiger partial charge in [-0.15, -0.1) is 0 Å². The highest BCUT2D eigenvalue weighted by Crippen LogP contribution is 2.27. The Morgan fingerprint density at radius 2 is 1.93 bits per heavy atom. The molecule has 80 valence electrons. The number of aliphatic hydroxyl groups is 1. The maximum atomic E-state index is 11.1. The van der Waals surface area contributed by atoms with Gasteiger partial charge in [-0.05, 0) is 19.8 Å². The van der Waals surface area contributed by atoms with Crippen molar-refractivity contribution in [1.82, 2.24) is 0 Å². The van der Waals surface area contributed by atoms with Crippen LogP contribution >= 0.6 is 0 Å². The highest BCUT2D eigenvalue weighted by Gasteiger charge is 2.33. The molecule has 4 nitrogen and oxygen atoms in total. The van der Waals surface area contributed by atoms with Gasteiger partial charge in [-0.25, -0.2) is 0 Å². The first-order valence-corrected chi connectivity index (χ1v) is 4.86. The molecule has 4 heteroatoms. The number of hydrogen-bond donors (Lipinski definition) is 1. The van der Waals surface area contributed by atoms with Crippen molar-refractivity contribution in [2.24, 2.45) is 5.92 Å². The first-order chi connectivity index (χ1) is 6.50. The minimum Gasteiger partial charge on any atom is -0.462 e. The third-order valence-corrected chi connectivity index (χ3v) is 2.62. The molecule has 0 heterocycles. The quantitative estimate of drug-likeness (QED) is 0.665. The van der Waals surface area contributed by atoms with E-state index >= 15 is 0 Å². The Morgan fingerprint density at radius 1 is 1.29 bits per heavy atom. The lowest BCUT2D eigenvalue weighted by atomic mass is 9.82. The Morgan fingerprint density at radius 3 is 2.36 bits per heavy atom. The van der Waals surface area contributed by atoms with Gasteiger partial charge in [0.15, 0.2) is 0 Å². The molecule has 3 unspecified atom stereocenters. The largest absolute Gasteiger partial charge is 0.462 e. The summed E-state index contributed by atoms with van der Waals surface area (Å²) in [5, 5.41) is 9.61. The summed E-state index contributed by atoms with van der Waals surface area (Å²) in [4.78, 5) is 21.7. The molecule has 1 N–H and O–H groups in total. The molecule has 0 aliphatic heterocycles. The van der Waals surface area contributed by atoms with Crippen LogP contribution in [0.4, 0.5) is 0 Å². The normalized spacial score (nSPS) is 32.4. The molecule has 0 saturated heterocycles. The average molecular weight is 200 g/mol. The minimum absolute atomic E-state index is 0.0128. The summed E-state index contributed by atoms with van der Waals surface area (Å²) < 4.78 is 4.98. The van der Waals surface area contributed by atoms with Crippen LogP contribution in [0.3, 0.4) is 0 Å². The molecule has 0 radical (unpaired) electrons. The molecule has 1 fully saturated rings. The van der Waals surface area contributed by atoms with Crippen LogP contribution in [0.1, 0.15) is 33.1 Å². The summed E-state index contributed by atoms with van der Waals surface area (Å²) in [7, 11) is 0. The molecule has 0 aromatic heterocycles. The van der Waals surface area contributed by atoms with Crippen LogP contribution < -0.4 is 0 Å². The number of rotatable bonds is 2. The lowest BCUT2D eigenvalue weighted by Gasteiger charge is -2.30. The van der Waals surface area contributed by atoms with E-state index in [0.29, 0.717) is 19.3 Å². The SMILES string of the molecule is CC(=O)OC1CCC(C(C)=O)C(O)C1. The van der Waals surface area contributed by atoms with Gasteiger partial charge >= 0.3 is 5.97 Å². The molecule has 1 aliphatic rings. The number of Topliss-reactive ketones (excluding diaryl/α,β-unsaturated/α-hetero) is 1. The second-order valence-corrected chi connectivity index (χ2v) is 3.83. The number of ketones is 1. The van der Waals surface area contributed by atoms with Crippen molar-refractivity contribution in [2.75, 3.05) is 0 Å². The second kappa shape index (κ2) is 4.55. The summed E-state index contributed by atoms with van der Waals surface area (Å²) in [5.41, 5.74) is 0. The number of carbonyl (C=O) groups is 2. The van der Waals surface area contributed by atoms with E-state index in [-0.39, 0.29) is 23.8 Å². The van der Waals surface area contributed by atoms with Crippen molar-refractivity contribution in [1.29, 1.82) is 0 Å². The van der Waals surface area contributed by atoms with Gasteiger partial charge in [0.25, 0.3) is 0 Å². The molecule has 3 atom stereocenters. The van der Waals surface area contributed by atoms with Gasteiger partial charge in [-0.3, -0.25) is 9.59 Å². The van der Waals surface area contributed by atoms with Gasteiger partial charge in [0.1, 0.15) is 11.9 Å². The summed E-state index contributed by atoms with van der Waals surface area (Å²) in [6.45, 7) is 2.84. The van der Waals surface area contributed by atoms with Crippen LogP contribution in [0, 0.1) is 5.92 Å². The van der Waals surface area contributed by atoms with Crippen LogP contribution in [0.5, 0.6) is 0 Å². The molecule has 0 aromatic carbocycles. The lowest BCUT2D eigenvalue weighted by Crippen LogP contribution is -2.37. The van der Waals surface area contributed by atoms with Crippen LogP contribution in [0.15, 0.2) is 0 Å². The van der Waals surface area contributed by atoms with E-state index in [4.69, 9.17) is 4.74 Å². The molecular weight excluding hydrogens is 184 g/mol. The highest BCUT2D eigenvalue weighted by atomic mass is 16.5. The van der Waals surface area contributed by atoms with E-state index in [0.717, 1.165) is 0 Å². The van der Waals surface area contributed by atoms with Crippen LogP contribution in [-0.2, 0) is 14.3 Å². The molecule has 1 saturated carbocycles. The number of aliphatic hydroxyl groups excluding tert-OH is 1. The van der Waals surface area contributed by atoms with Gasteiger partial charge in [-0.2, -0.15) is 0 Å². The third kappa shape index (κ3) is 2.80. The van der Waals surface area contributed by atoms with Crippen molar-refractivity contribution >= 4 is 11.8 Å². The maximum absolute atomic E-state index is 11.1. The Hall–Kier alpha value is -0.900. The summed E-state index contributed by atoms with van der Waals surface area (Å²) >= 11 is 0. The van der Waals surface area contributed by atoms with Crippen molar-refractivity contribution < 1.29 is 19.4 Å². The van der Waals surface area contributed by atoms with E-state index in [9.17, 15) is 14.7 Å². The third-order valence-electron chi connectivity index (χ3n) is 2.62. The predicted molar refractivity (Wildman–Crippen MR) is 49.6 cm³/mol. The lowest BCUT2D eigenvalue weighted by molar-refractivity contribution is -0.151. The fraction of sp³-hybridized carbons (Fsp3) is 0.800. The molecule has 14 heavy (non-hydrogen) atoms. The van der Waals surface area contributed by atoms with Crippen LogP contribution in [-0.4, -0.2) is 29.1 Å². The first kappa shape index (κ1) is 11.2. The first-order valence-electron chi connectivity index (χ1n) is 4.86. The fourth-order valence-corrected chi connectivity index (χ4v) is 1.93. The molecule has 1 rings (SSSR count). The number of carbonyl (C=O) groups excluding carboxylic acids is 2. The van der Waals surface area contributed by atoms with Crippen molar-refractivity contribution in [3.8, 4) is 0 Å². The van der Waals surface area contributed by atoms with Gasteiger partial charge in [0, 0.05) is 19.3 Å². The molecule has 0 spiro atoms. The smallest absolute Gasteiger partial charge is 0.302 e. The summed E-state index contributed by atoms with van der Waals surface area (Å²) in [6.07, 6.45) is 0.766. The minimum atomic E-state index is -0.661. The zero-order chi connectivity index (χ0) is 10.7. The zero-order valence-electron chi connectivity index (χ0n) is 8.53. The topological polar surface area (TPSA) is 63.6 Å². The molecule has 1 aliphatic carbocycles. The van der Waals surface area contributed by atoms with Gasteiger partial charge in [0.05, 0.1) is 6.10 Å². The van der Waals surface area contributed by atoms with E-state index in [2.05, 4.69) is 0 Å². The van der Waals surface area contributed by atoms with E-state index in [1.165, 1.54) is 13.8 Å². The Balaban J connectivity index is 2.46. The van der Waals surface area contributed by atoms with Gasteiger partial charge in [-0.1, -0.05) is 0 Å². The number of esters is 1. The summed E-state index contributed by atoms with van der Waals surface area (Å²) in [6, 6.07) is 0. The second-order valence-electron chi connectivity index (χ2n) is 3.83. The summed E-state index contributed by atoms with van der Waals surface area (Å²) in [5.74, 6) is -0.593. The fourth-order valence-electron chi connectivity index (χ4n) is 1.93. The standard InChI is InChI=1S/C10H16O4/c1-6(11)9-4-3-8(5-10(9)13)14-7(2)12/h8-10,13H,3-5H2,1-2H3. The van der Waals surface area contributed by atoms with Crippen LogP contribution in [0.25, 0.3) is 0 Å². The van der Waals surface area contributed by atoms with Gasteiger partial charge in [0.2, 0.25) is 0 Å². The molecule has 0 amide bonds. The average Bonchev–Trinajstić information content (AvgIpc) is 2.01. The zero-order valence-corrected chi connectivity index (χ0v) is 8.53. The van der Waals surface area contributed by atoms with Gasteiger partial charge < -0.3 is 9.84 Å². The van der Waals surface area contributed by atoms with Crippen LogP contribution in [0.2, 0.25) is 0 Å². The highest BCUT2D eigenvalue weighted by molar-refractivity contribution is 5.79. The molecule has 0 bridgehead atoms. The van der Waals surface area contributed by atoms with Crippen molar-refractivity contribution in [3.05, 3.63) is 0 Å². The predicted octanol–water partition coefficient (Wildman–Crippen LogP) is 0.668. The monoisotopic (exact) mass is 200 g/mol. The molecular formula is C10H16O4. The van der Waals surface area contributed by atoms with E-state index in [1.54, 1.807) is 0 Å².